The van der Waals surface area contributed by atoms with Crippen molar-refractivity contribution >= 4 is 39.7 Å². The largest absolute Gasteiger partial charge is 0.368 e. The third kappa shape index (κ3) is 1.92. The number of nitrogens with zero attached hydrogens (tertiary/aromatic N) is 1. The van der Waals surface area contributed by atoms with Gasteiger partial charge in [0, 0.05) is 34.1 Å². The van der Waals surface area contributed by atoms with Gasteiger partial charge in [-0.1, -0.05) is 17.7 Å². The maximum absolute atomic E-state index is 6.03. The van der Waals surface area contributed by atoms with Crippen LogP contribution in [-0.4, -0.2) is 23.9 Å². The predicted octanol–water partition coefficient (Wildman–Crippen LogP) is 3.90. The van der Waals surface area contributed by atoms with Crippen molar-refractivity contribution in [3.8, 4) is 10.4 Å². The summed E-state index contributed by atoms with van der Waals surface area (Å²) in [7, 11) is 0. The second-order valence-corrected chi connectivity index (χ2v) is 6.44. The highest BCUT2D eigenvalue weighted by atomic mass is 35.5. The Hall–Kier alpha value is -1.78. The summed E-state index contributed by atoms with van der Waals surface area (Å²) in [6.45, 7) is 1.77. The highest BCUT2D eigenvalue weighted by Crippen LogP contribution is 2.33. The van der Waals surface area contributed by atoms with Gasteiger partial charge in [-0.25, -0.2) is 0 Å². The van der Waals surface area contributed by atoms with Crippen LogP contribution in [0.25, 0.3) is 21.3 Å². The van der Waals surface area contributed by atoms with Crippen LogP contribution in [0.4, 0.5) is 0 Å². The smallest absolute Gasteiger partial charge is 0.130 e. The fourth-order valence-electron chi connectivity index (χ4n) is 2.52. The van der Waals surface area contributed by atoms with Gasteiger partial charge < -0.3 is 10.3 Å². The van der Waals surface area contributed by atoms with Crippen molar-refractivity contribution in [2.24, 2.45) is 4.99 Å². The molecule has 3 nitrogen and oxygen atoms in total. The van der Waals surface area contributed by atoms with Gasteiger partial charge in [0.05, 0.1) is 10.9 Å². The molecule has 2 N–H and O–H groups in total. The van der Waals surface area contributed by atoms with Crippen LogP contribution in [0.5, 0.6) is 0 Å². The van der Waals surface area contributed by atoms with Crippen LogP contribution in [0.2, 0.25) is 4.34 Å². The van der Waals surface area contributed by atoms with E-state index in [1.807, 2.05) is 12.3 Å². The Bertz CT molecular complexity index is 816. The van der Waals surface area contributed by atoms with Gasteiger partial charge in [0.15, 0.2) is 0 Å². The molecule has 0 atom stereocenters. The minimum Gasteiger partial charge on any atom is -0.368 e. The van der Waals surface area contributed by atoms with E-state index in [-0.39, 0.29) is 0 Å². The quantitative estimate of drug-likeness (QED) is 0.740. The molecular weight excluding hydrogens is 290 g/mol. The lowest BCUT2D eigenvalue weighted by Gasteiger charge is -2.02. The molecule has 3 aromatic rings. The molecular formula is C15H12ClN3S. The molecule has 0 spiro atoms. The molecule has 0 radical (unpaired) electrons. The highest BCUT2D eigenvalue weighted by Gasteiger charge is 2.14. The molecule has 5 heteroatoms. The number of hydrogen-bond donors (Lipinski definition) is 2. The standard InChI is InChI=1S/C15H12ClN3S/c16-14-4-3-13(20-14)9-1-2-12-10(7-9)11(8-19-12)15-17-5-6-18-15/h1-4,7-8,19H,5-6H2,(H,17,18). The Labute approximate surface area is 125 Å². The first-order valence-corrected chi connectivity index (χ1v) is 7.66. The van der Waals surface area contributed by atoms with Gasteiger partial charge in [-0.2, -0.15) is 0 Å². The zero-order valence-corrected chi connectivity index (χ0v) is 12.2. The van der Waals surface area contributed by atoms with Gasteiger partial charge in [0.2, 0.25) is 0 Å². The molecule has 1 aromatic carbocycles. The van der Waals surface area contributed by atoms with Gasteiger partial charge in [0.25, 0.3) is 0 Å². The van der Waals surface area contributed by atoms with Crippen molar-refractivity contribution in [2.75, 3.05) is 13.1 Å². The Morgan fingerprint density at radius 2 is 2.15 bits per heavy atom. The number of aromatic amines is 1. The maximum Gasteiger partial charge on any atom is 0.130 e. The number of aromatic nitrogens is 1. The molecule has 0 unspecified atom stereocenters. The molecule has 2 aromatic heterocycles. The second kappa shape index (κ2) is 4.65. The number of fused-ring (bicyclic) bond motifs is 1. The van der Waals surface area contributed by atoms with E-state index in [0.717, 1.165) is 34.3 Å². The molecule has 1 aliphatic rings. The molecule has 0 fully saturated rings. The molecule has 0 saturated heterocycles. The number of H-pyrrole nitrogens is 1. The summed E-state index contributed by atoms with van der Waals surface area (Å²) in [4.78, 5) is 8.99. The van der Waals surface area contributed by atoms with Gasteiger partial charge in [-0.3, -0.25) is 4.99 Å². The van der Waals surface area contributed by atoms with E-state index in [4.69, 9.17) is 11.6 Å². The van der Waals surface area contributed by atoms with Crippen LogP contribution < -0.4 is 5.32 Å². The van der Waals surface area contributed by atoms with Gasteiger partial charge in [-0.05, 0) is 29.8 Å². The normalized spacial score (nSPS) is 14.6. The summed E-state index contributed by atoms with van der Waals surface area (Å²) in [5, 5.41) is 4.52. The van der Waals surface area contributed by atoms with Crippen molar-refractivity contribution in [1.82, 2.24) is 10.3 Å². The third-order valence-corrected chi connectivity index (χ3v) is 4.75. The van der Waals surface area contributed by atoms with Crippen LogP contribution >= 0.6 is 22.9 Å². The molecule has 0 saturated carbocycles. The van der Waals surface area contributed by atoms with Gasteiger partial charge in [-0.15, -0.1) is 11.3 Å². The van der Waals surface area contributed by atoms with Gasteiger partial charge >= 0.3 is 0 Å². The number of rotatable bonds is 2. The van der Waals surface area contributed by atoms with E-state index in [1.54, 1.807) is 11.3 Å². The monoisotopic (exact) mass is 301 g/mol. The van der Waals surface area contributed by atoms with Crippen LogP contribution in [-0.2, 0) is 0 Å². The highest BCUT2D eigenvalue weighted by molar-refractivity contribution is 7.19. The van der Waals surface area contributed by atoms with E-state index in [0.29, 0.717) is 0 Å². The number of amidine groups is 1. The number of nitrogens with one attached hydrogen (secondary N) is 2. The fourth-order valence-corrected chi connectivity index (χ4v) is 3.56. The van der Waals surface area contributed by atoms with Gasteiger partial charge in [0.1, 0.15) is 5.84 Å². The van der Waals surface area contributed by atoms with E-state index in [1.165, 1.54) is 15.8 Å². The predicted molar refractivity (Wildman–Crippen MR) is 86.0 cm³/mol. The lowest BCUT2D eigenvalue weighted by atomic mass is 10.1. The molecule has 100 valence electrons. The minimum absolute atomic E-state index is 0.816. The van der Waals surface area contributed by atoms with Crippen molar-refractivity contribution in [1.29, 1.82) is 0 Å². The number of halogens is 1. The average molecular weight is 302 g/mol. The molecule has 3 heterocycles. The molecule has 4 rings (SSSR count). The minimum atomic E-state index is 0.816. The summed E-state index contributed by atoms with van der Waals surface area (Å²) in [5.41, 5.74) is 3.46. The Kier molecular flexibility index (Phi) is 2.79. The first-order chi connectivity index (χ1) is 9.81. The Morgan fingerprint density at radius 1 is 1.20 bits per heavy atom. The van der Waals surface area contributed by atoms with E-state index >= 15 is 0 Å². The molecule has 20 heavy (non-hydrogen) atoms. The molecule has 1 aliphatic heterocycles. The summed E-state index contributed by atoms with van der Waals surface area (Å²) >= 11 is 7.62. The SMILES string of the molecule is Clc1ccc(-c2ccc3[nH]cc(C4=NCCN4)c3c2)s1. The van der Waals surface area contributed by atoms with Crippen LogP contribution in [0.1, 0.15) is 5.56 Å². The number of aliphatic imine (C=N–C) groups is 1. The Morgan fingerprint density at radius 3 is 2.90 bits per heavy atom. The summed E-state index contributed by atoms with van der Waals surface area (Å²) in [6.07, 6.45) is 2.02. The number of benzene rings is 1. The van der Waals surface area contributed by atoms with Crippen molar-refractivity contribution in [2.45, 2.75) is 0 Å². The number of thiophene rings is 1. The van der Waals surface area contributed by atoms with Crippen molar-refractivity contribution < 1.29 is 0 Å². The second-order valence-electron chi connectivity index (χ2n) is 4.72. The average Bonchev–Trinajstić information content (AvgIpc) is 3.17. The topological polar surface area (TPSA) is 40.2 Å². The first-order valence-electron chi connectivity index (χ1n) is 6.47. The lowest BCUT2D eigenvalue weighted by Crippen LogP contribution is -2.18. The zero-order chi connectivity index (χ0) is 13.5. The Balaban J connectivity index is 1.87. The van der Waals surface area contributed by atoms with Crippen molar-refractivity contribution in [3.63, 3.8) is 0 Å². The van der Waals surface area contributed by atoms with Crippen LogP contribution in [0, 0.1) is 0 Å². The summed E-state index contributed by atoms with van der Waals surface area (Å²) < 4.78 is 0.816. The lowest BCUT2D eigenvalue weighted by molar-refractivity contribution is 0.960. The zero-order valence-electron chi connectivity index (χ0n) is 10.6. The summed E-state index contributed by atoms with van der Waals surface area (Å²) in [6, 6.07) is 10.4. The van der Waals surface area contributed by atoms with E-state index < -0.39 is 0 Å². The fraction of sp³-hybridized carbons (Fsp3) is 0.133. The molecule has 0 bridgehead atoms. The van der Waals surface area contributed by atoms with E-state index in [2.05, 4.69) is 39.6 Å². The van der Waals surface area contributed by atoms with E-state index in [9.17, 15) is 0 Å². The maximum atomic E-state index is 6.03. The van der Waals surface area contributed by atoms with Crippen LogP contribution in [0.3, 0.4) is 0 Å². The first kappa shape index (κ1) is 12.0. The summed E-state index contributed by atoms with van der Waals surface area (Å²) in [5.74, 6) is 0.984. The third-order valence-electron chi connectivity index (χ3n) is 3.47. The molecule has 0 aliphatic carbocycles. The van der Waals surface area contributed by atoms with Crippen LogP contribution in [0.15, 0.2) is 41.5 Å². The number of hydrogen-bond acceptors (Lipinski definition) is 3. The molecule has 0 amide bonds. The van der Waals surface area contributed by atoms with Crippen molar-refractivity contribution in [3.05, 3.63) is 46.4 Å².